The molecule has 0 aromatic rings. The van der Waals surface area contributed by atoms with Gasteiger partial charge in [0.25, 0.3) is 0 Å². The summed E-state index contributed by atoms with van der Waals surface area (Å²) < 4.78 is 0. The molecule has 14 nitrogen and oxygen atoms in total. The fraction of sp³-hybridized carbons (Fsp3) is 0.667. The monoisotopic (exact) mass is 426 g/mol. The first-order chi connectivity index (χ1) is 11.8. The Hall–Kier alpha value is -0.780. The Balaban J connectivity index is -0.000000411. The molecule has 0 amide bonds. The predicted molar refractivity (Wildman–Crippen MR) is 76.0 cm³/mol. The first-order valence-electron chi connectivity index (χ1n) is 6.60. The molecule has 0 saturated heterocycles. The van der Waals surface area contributed by atoms with Gasteiger partial charge in [-0.05, 0) is 0 Å². The average molecular weight is 426 g/mol. The van der Waals surface area contributed by atoms with Gasteiger partial charge in [0, 0.05) is 0 Å². The summed E-state index contributed by atoms with van der Waals surface area (Å²) in [6, 6.07) is 0. The molecule has 15 heteroatoms. The standard InChI is InChI=1S/2C6H10O7.Ca/c2*7-1-2(8)3(9)4(10)5(11)6(12)13;/h2*1-5,8-11H,(H,12,13);/q;;+2/p-2/t2*2-,3+,4-,5-;/m11./s1. The number of carboxylic acids is 2. The first-order valence-corrected chi connectivity index (χ1v) is 6.60. The second-order valence-corrected chi connectivity index (χ2v) is 4.74. The quantitative estimate of drug-likeness (QED) is 0.119. The Kier molecular flexibility index (Phi) is 17.4. The molecule has 0 spiro atoms. The van der Waals surface area contributed by atoms with Gasteiger partial charge in [-0.25, -0.2) is 0 Å². The molecule has 8 N–H and O–H groups in total. The number of carboxylic acid groups (broad SMARTS) is 2. The molecule has 0 aliphatic carbocycles. The van der Waals surface area contributed by atoms with Crippen molar-refractivity contribution in [1.82, 2.24) is 0 Å². The Bertz CT molecular complexity index is 431. The van der Waals surface area contributed by atoms with Crippen LogP contribution in [0.15, 0.2) is 0 Å². The Morgan fingerprint density at radius 1 is 0.593 bits per heavy atom. The van der Waals surface area contributed by atoms with Gasteiger partial charge in [-0.3, -0.25) is 0 Å². The molecule has 0 unspecified atom stereocenters. The van der Waals surface area contributed by atoms with Gasteiger partial charge in [0.15, 0.2) is 12.6 Å². The zero-order chi connectivity index (χ0) is 21.2. The second kappa shape index (κ2) is 15.2. The minimum Gasteiger partial charge on any atom is -0.547 e. The molecule has 0 radical (unpaired) electrons. The summed E-state index contributed by atoms with van der Waals surface area (Å²) in [7, 11) is 0. The molecule has 0 aliphatic heterocycles. The van der Waals surface area contributed by atoms with E-state index in [-0.39, 0.29) is 50.3 Å². The Labute approximate surface area is 180 Å². The van der Waals surface area contributed by atoms with Crippen LogP contribution < -0.4 is 10.2 Å². The summed E-state index contributed by atoms with van der Waals surface area (Å²) in [5, 5.41) is 89.7. The van der Waals surface area contributed by atoms with Crippen LogP contribution in [0.1, 0.15) is 0 Å². The number of hydrogen-bond donors (Lipinski definition) is 8. The summed E-state index contributed by atoms with van der Waals surface area (Å²) in [5.41, 5.74) is 0. The smallest absolute Gasteiger partial charge is 0.547 e. The van der Waals surface area contributed by atoms with Gasteiger partial charge in [0.05, 0.1) is 11.9 Å². The molecule has 27 heavy (non-hydrogen) atoms. The van der Waals surface area contributed by atoms with Gasteiger partial charge < -0.3 is 70.2 Å². The maximum Gasteiger partial charge on any atom is 2.00 e. The van der Waals surface area contributed by atoms with E-state index in [9.17, 15) is 29.4 Å². The Morgan fingerprint density at radius 3 is 0.963 bits per heavy atom. The van der Waals surface area contributed by atoms with Crippen molar-refractivity contribution in [1.29, 1.82) is 0 Å². The van der Waals surface area contributed by atoms with Crippen molar-refractivity contribution in [2.45, 2.75) is 48.8 Å². The van der Waals surface area contributed by atoms with Gasteiger partial charge >= 0.3 is 37.7 Å². The van der Waals surface area contributed by atoms with E-state index in [0.717, 1.165) is 0 Å². The molecule has 0 aromatic carbocycles. The van der Waals surface area contributed by atoms with Crippen molar-refractivity contribution in [3.8, 4) is 0 Å². The maximum atomic E-state index is 9.95. The van der Waals surface area contributed by atoms with E-state index in [1.165, 1.54) is 0 Å². The van der Waals surface area contributed by atoms with Crippen LogP contribution in [-0.2, 0) is 19.2 Å². The van der Waals surface area contributed by atoms with Crippen molar-refractivity contribution in [3.63, 3.8) is 0 Å². The van der Waals surface area contributed by atoms with Crippen LogP contribution in [0.2, 0.25) is 0 Å². The summed E-state index contributed by atoms with van der Waals surface area (Å²) in [6.45, 7) is 0. The van der Waals surface area contributed by atoms with E-state index in [4.69, 9.17) is 40.9 Å². The number of carbonyl (C=O) groups excluding carboxylic acids is 4. The Morgan fingerprint density at radius 2 is 0.815 bits per heavy atom. The van der Waals surface area contributed by atoms with E-state index in [1.807, 2.05) is 0 Å². The largest absolute Gasteiger partial charge is 2.00 e. The van der Waals surface area contributed by atoms with Gasteiger partial charge in [-0.1, -0.05) is 0 Å². The van der Waals surface area contributed by atoms with Crippen molar-refractivity contribution in [2.75, 3.05) is 0 Å². The molecule has 0 rings (SSSR count). The number of aliphatic carboxylic acids is 2. The van der Waals surface area contributed by atoms with Crippen LogP contribution in [0.3, 0.4) is 0 Å². The zero-order valence-electron chi connectivity index (χ0n) is 13.5. The van der Waals surface area contributed by atoms with E-state index < -0.39 is 60.8 Å². The third-order valence-electron chi connectivity index (χ3n) is 2.81. The van der Waals surface area contributed by atoms with E-state index >= 15 is 0 Å². The van der Waals surface area contributed by atoms with E-state index in [1.54, 1.807) is 0 Å². The fourth-order valence-electron chi connectivity index (χ4n) is 1.22. The summed E-state index contributed by atoms with van der Waals surface area (Å²) in [5.74, 6) is -4.02. The number of aliphatic hydroxyl groups excluding tert-OH is 8. The molecular formula is C12H18CaO14. The maximum absolute atomic E-state index is 9.95. The van der Waals surface area contributed by atoms with Gasteiger partial charge in [0.2, 0.25) is 0 Å². The third kappa shape index (κ3) is 11.0. The van der Waals surface area contributed by atoms with Crippen LogP contribution in [0.25, 0.3) is 0 Å². The topological polar surface area (TPSA) is 276 Å². The molecule has 0 heterocycles. The predicted octanol–water partition coefficient (Wildman–Crippen LogP) is -9.62. The van der Waals surface area contributed by atoms with E-state index in [2.05, 4.69) is 0 Å². The third-order valence-corrected chi connectivity index (χ3v) is 2.81. The molecule has 0 aromatic heterocycles. The van der Waals surface area contributed by atoms with Crippen molar-refractivity contribution in [3.05, 3.63) is 0 Å². The van der Waals surface area contributed by atoms with Crippen LogP contribution in [0.4, 0.5) is 0 Å². The number of aliphatic hydroxyl groups is 8. The average Bonchev–Trinajstić information content (AvgIpc) is 2.62. The number of hydrogen-bond acceptors (Lipinski definition) is 14. The van der Waals surface area contributed by atoms with Gasteiger partial charge in [-0.2, -0.15) is 0 Å². The molecule has 0 fully saturated rings. The van der Waals surface area contributed by atoms with Gasteiger partial charge in [0.1, 0.15) is 48.8 Å². The van der Waals surface area contributed by atoms with Crippen molar-refractivity contribution < 1.29 is 70.2 Å². The molecule has 0 saturated carbocycles. The molecule has 0 bridgehead atoms. The SMILES string of the molecule is O=C[C@@H](O)[C@H](O)[C@@H](O)[C@@H](O)C(=O)[O-].O=C[C@@H](O)[C@H](O)[C@@H](O)[C@@H](O)C(=O)[O-].[Ca+2]. The van der Waals surface area contributed by atoms with Gasteiger partial charge in [-0.15, -0.1) is 0 Å². The molecule has 152 valence electrons. The van der Waals surface area contributed by atoms with Crippen LogP contribution in [-0.4, -0.2) is 152 Å². The van der Waals surface area contributed by atoms with Crippen molar-refractivity contribution in [2.24, 2.45) is 0 Å². The van der Waals surface area contributed by atoms with Crippen LogP contribution >= 0.6 is 0 Å². The van der Waals surface area contributed by atoms with Crippen LogP contribution in [0.5, 0.6) is 0 Å². The molecule has 0 aliphatic rings. The molecule has 8 atom stereocenters. The van der Waals surface area contributed by atoms with Crippen LogP contribution in [0, 0.1) is 0 Å². The molecular weight excluding hydrogens is 408 g/mol. The summed E-state index contributed by atoms with van der Waals surface area (Å²) >= 11 is 0. The second-order valence-electron chi connectivity index (χ2n) is 4.74. The summed E-state index contributed by atoms with van der Waals surface area (Å²) in [6.07, 6.45) is -17.3. The number of carbonyl (C=O) groups is 4. The van der Waals surface area contributed by atoms with Crippen molar-refractivity contribution >= 4 is 62.2 Å². The first kappa shape index (κ1) is 30.9. The minimum atomic E-state index is -2.36. The minimum absolute atomic E-state index is 0. The number of aldehydes is 2. The fourth-order valence-corrected chi connectivity index (χ4v) is 1.22. The zero-order valence-corrected chi connectivity index (χ0v) is 15.7. The van der Waals surface area contributed by atoms with E-state index in [0.29, 0.717) is 0 Å². The number of rotatable bonds is 10. The summed E-state index contributed by atoms with van der Waals surface area (Å²) in [4.78, 5) is 39.7. The normalized spacial score (nSPS) is 19.3.